The predicted octanol–water partition coefficient (Wildman–Crippen LogP) is 6.38. The summed E-state index contributed by atoms with van der Waals surface area (Å²) in [4.78, 5) is 4.36. The van der Waals surface area contributed by atoms with E-state index >= 15 is 0 Å². The van der Waals surface area contributed by atoms with E-state index in [4.69, 9.17) is 33.3 Å². The zero-order valence-corrected chi connectivity index (χ0v) is 24.2. The van der Waals surface area contributed by atoms with E-state index in [0.717, 1.165) is 18.2 Å². The van der Waals surface area contributed by atoms with Crippen LogP contribution >= 0.6 is 23.8 Å². The molecule has 2 heterocycles. The average Bonchev–Trinajstić information content (AvgIpc) is 3.13. The van der Waals surface area contributed by atoms with Crippen LogP contribution in [0, 0.1) is 17.0 Å². The van der Waals surface area contributed by atoms with Crippen LogP contribution in [0.25, 0.3) is 11.0 Å². The van der Waals surface area contributed by atoms with Crippen molar-refractivity contribution in [1.29, 1.82) is 0 Å². The Morgan fingerprint density at radius 3 is 2.54 bits per heavy atom. The number of nitrogens with one attached hydrogen (secondary N) is 2. The molecule has 0 bridgehead atoms. The van der Waals surface area contributed by atoms with Crippen LogP contribution in [0.5, 0.6) is 11.5 Å². The van der Waals surface area contributed by atoms with Crippen LogP contribution in [0.4, 0.5) is 14.5 Å². The smallest absolute Gasteiger partial charge is 0.198 e. The Balaban J connectivity index is 1.75. The molecule has 0 aliphatic heterocycles. The number of rotatable bonds is 11. The number of aromatic nitrogens is 2. The summed E-state index contributed by atoms with van der Waals surface area (Å²) in [6.45, 7) is 11.7. The van der Waals surface area contributed by atoms with E-state index in [-0.39, 0.29) is 29.9 Å². The Hall–Kier alpha value is -2.31. The van der Waals surface area contributed by atoms with Gasteiger partial charge in [-0.3, -0.25) is 0 Å². The molecule has 7 nitrogen and oxygen atoms in total. The highest BCUT2D eigenvalue weighted by Crippen LogP contribution is 2.37. The summed E-state index contributed by atoms with van der Waals surface area (Å²) < 4.78 is 43.0. The van der Waals surface area contributed by atoms with E-state index < -0.39 is 30.9 Å². The highest BCUT2D eigenvalue weighted by Gasteiger charge is 2.20. The van der Waals surface area contributed by atoms with Gasteiger partial charge < -0.3 is 29.8 Å². The molecule has 3 aromatic rings. The van der Waals surface area contributed by atoms with Gasteiger partial charge in [-0.05, 0) is 24.3 Å². The topological polar surface area (TPSA) is 80.6 Å². The largest absolute Gasteiger partial charge is 0.450 e. The summed E-state index contributed by atoms with van der Waals surface area (Å²) in [5, 5.41) is 15.9. The number of hydrogen-bond donors (Lipinski definition) is 3. The lowest BCUT2D eigenvalue weighted by molar-refractivity contribution is 0.0899. The second kappa shape index (κ2) is 12.0. The van der Waals surface area contributed by atoms with Crippen molar-refractivity contribution in [3.8, 4) is 11.5 Å². The van der Waals surface area contributed by atoms with Gasteiger partial charge >= 0.3 is 0 Å². The molecule has 0 atom stereocenters. The lowest BCUT2D eigenvalue weighted by Gasteiger charge is -2.23. The van der Waals surface area contributed by atoms with Crippen LogP contribution in [0.15, 0.2) is 30.6 Å². The molecule has 0 aliphatic rings. The summed E-state index contributed by atoms with van der Waals surface area (Å²) in [5.41, 5.74) is 0.189. The molecule has 0 fully saturated rings. The monoisotopic (exact) mass is 570 g/mol. The number of pyridine rings is 1. The summed E-state index contributed by atoms with van der Waals surface area (Å²) in [7, 11) is -1.23. The van der Waals surface area contributed by atoms with Crippen molar-refractivity contribution in [2.24, 2.45) is 5.41 Å². The van der Waals surface area contributed by atoms with Gasteiger partial charge in [-0.2, -0.15) is 0 Å². The first-order valence-corrected chi connectivity index (χ1v) is 16.3. The SMILES string of the molecule is CC(C)(CO)CNC(=S)Nc1cc(F)c(Oc2ccnc3c2c(Cl)cn3COCC[Si](C)(C)C)c(F)c1. The molecule has 0 saturated heterocycles. The highest BCUT2D eigenvalue weighted by atomic mass is 35.5. The fraction of sp³-hybridized carbons (Fsp3) is 0.440. The lowest BCUT2D eigenvalue weighted by Crippen LogP contribution is -2.38. The van der Waals surface area contributed by atoms with Crippen molar-refractivity contribution in [2.45, 2.75) is 46.3 Å². The number of aliphatic hydroxyl groups excluding tert-OH is 1. The van der Waals surface area contributed by atoms with Gasteiger partial charge in [0.2, 0.25) is 0 Å². The zero-order valence-electron chi connectivity index (χ0n) is 21.6. The first-order chi connectivity index (χ1) is 17.3. The molecule has 0 amide bonds. The summed E-state index contributed by atoms with van der Waals surface area (Å²) in [6.07, 6.45) is 3.14. The first kappa shape index (κ1) is 29.2. The van der Waals surface area contributed by atoms with Crippen LogP contribution in [0.1, 0.15) is 13.8 Å². The minimum atomic E-state index is -1.23. The van der Waals surface area contributed by atoms with Gasteiger partial charge in [0.1, 0.15) is 18.1 Å². The Labute approximate surface area is 227 Å². The molecule has 0 saturated carbocycles. The number of halogens is 3. The van der Waals surface area contributed by atoms with E-state index in [1.165, 1.54) is 12.3 Å². The van der Waals surface area contributed by atoms with Crippen molar-refractivity contribution >= 4 is 53.7 Å². The number of aliphatic hydroxyl groups is 1. The highest BCUT2D eigenvalue weighted by molar-refractivity contribution is 7.80. The van der Waals surface area contributed by atoms with Crippen LogP contribution in [0.2, 0.25) is 30.7 Å². The predicted molar refractivity (Wildman–Crippen MR) is 150 cm³/mol. The van der Waals surface area contributed by atoms with E-state index in [0.29, 0.717) is 29.2 Å². The molecule has 0 radical (unpaired) electrons. The number of fused-ring (bicyclic) bond motifs is 1. The van der Waals surface area contributed by atoms with Crippen LogP contribution in [0.3, 0.4) is 0 Å². The number of ether oxygens (including phenoxy) is 2. The molecule has 1 aromatic carbocycles. The summed E-state index contributed by atoms with van der Waals surface area (Å²) >= 11 is 11.6. The maximum Gasteiger partial charge on any atom is 0.198 e. The second-order valence-corrected chi connectivity index (χ2v) is 17.2. The van der Waals surface area contributed by atoms with Crippen LogP contribution in [-0.4, -0.2) is 47.6 Å². The van der Waals surface area contributed by atoms with Crippen LogP contribution in [-0.2, 0) is 11.5 Å². The molecule has 3 N–H and O–H groups in total. The molecule has 0 spiro atoms. The Bertz CT molecular complexity index is 1240. The number of benzene rings is 1. The Kier molecular flexibility index (Phi) is 9.51. The van der Waals surface area contributed by atoms with E-state index in [1.54, 1.807) is 10.8 Å². The molecular formula is C25H33ClF2N4O3SSi. The average molecular weight is 571 g/mol. The molecule has 202 valence electrons. The Morgan fingerprint density at radius 2 is 1.92 bits per heavy atom. The maximum absolute atomic E-state index is 14.9. The standard InChI is InChI=1S/C25H33ClF2N4O3SSi/c1-25(2,14-33)13-30-24(36)31-16-10-18(27)22(19(28)11-16)35-20-6-7-29-23-21(20)17(26)12-32(23)15-34-8-9-37(3,4)5/h6-7,10-12,33H,8-9,13-15H2,1-5H3,(H2,30,31,36). The molecule has 3 rings (SSSR count). The van der Waals surface area contributed by atoms with E-state index in [9.17, 15) is 13.9 Å². The third-order valence-corrected chi connectivity index (χ3v) is 7.76. The van der Waals surface area contributed by atoms with Gasteiger partial charge in [0, 0.05) is 63.5 Å². The molecular weight excluding hydrogens is 538 g/mol. The molecule has 12 heteroatoms. The molecule has 0 unspecified atom stereocenters. The third-order valence-electron chi connectivity index (χ3n) is 5.52. The number of thiocarbonyl (C=S) groups is 1. The molecule has 37 heavy (non-hydrogen) atoms. The second-order valence-electron chi connectivity index (χ2n) is 10.8. The van der Waals surface area contributed by atoms with E-state index in [1.807, 2.05) is 13.8 Å². The van der Waals surface area contributed by atoms with Crippen molar-refractivity contribution in [1.82, 2.24) is 14.9 Å². The van der Waals surface area contributed by atoms with Gasteiger partial charge in [-0.15, -0.1) is 0 Å². The number of nitrogens with zero attached hydrogens (tertiary/aromatic N) is 2. The van der Waals surface area contributed by atoms with E-state index in [2.05, 4.69) is 35.3 Å². The fourth-order valence-corrected chi connectivity index (χ4v) is 4.50. The third kappa shape index (κ3) is 8.08. The number of anilines is 1. The lowest BCUT2D eigenvalue weighted by atomic mass is 9.95. The quantitative estimate of drug-likeness (QED) is 0.140. The van der Waals surface area contributed by atoms with Gasteiger partial charge in [-0.1, -0.05) is 45.1 Å². The minimum Gasteiger partial charge on any atom is -0.450 e. The molecule has 0 aliphatic carbocycles. The Morgan fingerprint density at radius 1 is 1.24 bits per heavy atom. The van der Waals surface area contributed by atoms with Crippen molar-refractivity contribution in [3.05, 3.63) is 47.2 Å². The van der Waals surface area contributed by atoms with Gasteiger partial charge in [0.25, 0.3) is 0 Å². The van der Waals surface area contributed by atoms with Gasteiger partial charge in [0.05, 0.1) is 10.4 Å². The number of hydrogen-bond acceptors (Lipinski definition) is 5. The summed E-state index contributed by atoms with van der Waals surface area (Å²) in [5.74, 6) is -2.25. The van der Waals surface area contributed by atoms with Gasteiger partial charge in [0.15, 0.2) is 22.5 Å². The summed E-state index contributed by atoms with van der Waals surface area (Å²) in [6, 6.07) is 4.69. The zero-order chi connectivity index (χ0) is 27.4. The fourth-order valence-electron chi connectivity index (χ4n) is 3.25. The minimum absolute atomic E-state index is 0.0425. The van der Waals surface area contributed by atoms with Crippen LogP contribution < -0.4 is 15.4 Å². The van der Waals surface area contributed by atoms with Crippen molar-refractivity contribution in [2.75, 3.05) is 25.1 Å². The maximum atomic E-state index is 14.9. The first-order valence-electron chi connectivity index (χ1n) is 11.8. The van der Waals surface area contributed by atoms with Crippen molar-refractivity contribution in [3.63, 3.8) is 0 Å². The van der Waals surface area contributed by atoms with Gasteiger partial charge in [-0.25, -0.2) is 13.8 Å². The van der Waals surface area contributed by atoms with Crippen molar-refractivity contribution < 1.29 is 23.4 Å². The normalized spacial score (nSPS) is 12.1. The molecule has 2 aromatic heterocycles.